The molecular formula is C18H24BrNO2S. The summed E-state index contributed by atoms with van der Waals surface area (Å²) in [5.74, 6) is 1.47. The molecule has 0 spiro atoms. The summed E-state index contributed by atoms with van der Waals surface area (Å²) in [5, 5.41) is 13.9. The minimum absolute atomic E-state index is 0.0783. The second kappa shape index (κ2) is 5.85. The Hall–Kier alpha value is -0.390. The highest BCUT2D eigenvalue weighted by Gasteiger charge is 2.57. The average molecular weight is 398 g/mol. The maximum atomic E-state index is 12.4. The Kier molecular flexibility index (Phi) is 4.10. The Morgan fingerprint density at radius 1 is 1.30 bits per heavy atom. The third-order valence-electron chi connectivity index (χ3n) is 6.01. The molecule has 4 aliphatic rings. The van der Waals surface area contributed by atoms with Crippen molar-refractivity contribution in [2.24, 2.45) is 17.3 Å². The van der Waals surface area contributed by atoms with Gasteiger partial charge in [0, 0.05) is 17.8 Å². The number of hydrogen-bond acceptors (Lipinski definition) is 3. The summed E-state index contributed by atoms with van der Waals surface area (Å²) >= 11 is 5.20. The highest BCUT2D eigenvalue weighted by molar-refractivity contribution is 9.11. The number of halogens is 1. The molecule has 2 atom stereocenters. The van der Waals surface area contributed by atoms with Gasteiger partial charge in [0.05, 0.1) is 9.39 Å². The van der Waals surface area contributed by atoms with E-state index in [0.29, 0.717) is 24.8 Å². The zero-order valence-electron chi connectivity index (χ0n) is 13.3. The molecule has 1 heterocycles. The van der Waals surface area contributed by atoms with Crippen LogP contribution in [0.3, 0.4) is 0 Å². The van der Waals surface area contributed by atoms with E-state index in [1.54, 1.807) is 11.3 Å². The lowest BCUT2D eigenvalue weighted by atomic mass is 9.47. The first-order valence-corrected chi connectivity index (χ1v) is 10.3. The van der Waals surface area contributed by atoms with Crippen molar-refractivity contribution in [3.8, 4) is 0 Å². The van der Waals surface area contributed by atoms with Crippen molar-refractivity contribution in [1.82, 2.24) is 5.32 Å². The van der Waals surface area contributed by atoms with Crippen LogP contribution < -0.4 is 5.32 Å². The standard InChI is InChI=1S/C18H24BrNO2S/c19-15-2-1-14(23-15)3-4-20-16(21)10-17-6-12-5-13(7-17)9-18(22,8-12)11-17/h1-2,12-13,22H,3-11H2,(H,20,21). The molecule has 5 heteroatoms. The molecule has 1 aromatic heterocycles. The largest absolute Gasteiger partial charge is 0.390 e. The lowest BCUT2D eigenvalue weighted by molar-refractivity contribution is -0.169. The molecule has 5 rings (SSSR count). The zero-order valence-corrected chi connectivity index (χ0v) is 15.7. The summed E-state index contributed by atoms with van der Waals surface area (Å²) in [5.41, 5.74) is -0.386. The SMILES string of the molecule is O=C(CC12CC3CC(CC(O)(C3)C1)C2)NCCc1ccc(Br)s1. The van der Waals surface area contributed by atoms with Gasteiger partial charge in [0.25, 0.3) is 0 Å². The zero-order chi connectivity index (χ0) is 16.1. The number of rotatable bonds is 5. The predicted molar refractivity (Wildman–Crippen MR) is 95.4 cm³/mol. The van der Waals surface area contributed by atoms with Gasteiger partial charge in [-0.15, -0.1) is 11.3 Å². The van der Waals surface area contributed by atoms with Crippen molar-refractivity contribution in [3.63, 3.8) is 0 Å². The lowest BCUT2D eigenvalue weighted by Gasteiger charge is -2.60. The fourth-order valence-corrected chi connectivity index (χ4v) is 7.31. The Morgan fingerprint density at radius 2 is 2.04 bits per heavy atom. The van der Waals surface area contributed by atoms with Gasteiger partial charge < -0.3 is 10.4 Å². The summed E-state index contributed by atoms with van der Waals surface area (Å²) in [4.78, 5) is 13.7. The second-order valence-electron chi connectivity index (χ2n) is 8.17. The van der Waals surface area contributed by atoms with Crippen LogP contribution in [-0.2, 0) is 11.2 Å². The van der Waals surface area contributed by atoms with E-state index in [1.807, 2.05) is 0 Å². The molecule has 0 radical (unpaired) electrons. The van der Waals surface area contributed by atoms with Crippen molar-refractivity contribution in [2.75, 3.05) is 6.54 Å². The predicted octanol–water partition coefficient (Wildman–Crippen LogP) is 3.89. The van der Waals surface area contributed by atoms with Crippen molar-refractivity contribution >= 4 is 33.2 Å². The van der Waals surface area contributed by atoms with Gasteiger partial charge in [-0.05, 0) is 90.3 Å². The van der Waals surface area contributed by atoms with Gasteiger partial charge in [0.1, 0.15) is 0 Å². The molecular weight excluding hydrogens is 374 g/mol. The van der Waals surface area contributed by atoms with Gasteiger partial charge in [0.15, 0.2) is 0 Å². The maximum Gasteiger partial charge on any atom is 0.220 e. The molecule has 23 heavy (non-hydrogen) atoms. The smallest absolute Gasteiger partial charge is 0.220 e. The minimum atomic E-state index is -0.465. The van der Waals surface area contributed by atoms with Crippen LogP contribution in [0.4, 0.5) is 0 Å². The Bertz CT molecular complexity index is 600. The number of thiophene rings is 1. The molecule has 2 N–H and O–H groups in total. The molecule has 1 aromatic rings. The Labute approximate surface area is 150 Å². The third-order valence-corrected chi connectivity index (χ3v) is 7.69. The van der Waals surface area contributed by atoms with Gasteiger partial charge in [-0.1, -0.05) is 0 Å². The van der Waals surface area contributed by atoms with E-state index in [-0.39, 0.29) is 11.3 Å². The summed E-state index contributed by atoms with van der Waals surface area (Å²) in [6.45, 7) is 0.707. The van der Waals surface area contributed by atoms with E-state index in [4.69, 9.17) is 0 Å². The van der Waals surface area contributed by atoms with Crippen molar-refractivity contribution in [3.05, 3.63) is 20.8 Å². The first kappa shape index (κ1) is 16.1. The molecule has 0 aromatic carbocycles. The fourth-order valence-electron chi connectivity index (χ4n) is 5.82. The molecule has 3 nitrogen and oxygen atoms in total. The monoisotopic (exact) mass is 397 g/mol. The minimum Gasteiger partial charge on any atom is -0.390 e. The van der Waals surface area contributed by atoms with Gasteiger partial charge in [0.2, 0.25) is 5.91 Å². The molecule has 4 aliphatic carbocycles. The topological polar surface area (TPSA) is 49.3 Å². The van der Waals surface area contributed by atoms with Crippen molar-refractivity contribution < 1.29 is 9.90 Å². The molecule has 4 fully saturated rings. The number of amides is 1. The van der Waals surface area contributed by atoms with Crippen LogP contribution in [0, 0.1) is 17.3 Å². The number of carbonyl (C=O) groups excluding carboxylic acids is 1. The molecule has 4 bridgehead atoms. The van der Waals surface area contributed by atoms with Gasteiger partial charge in [-0.25, -0.2) is 0 Å². The average Bonchev–Trinajstić information content (AvgIpc) is 2.80. The van der Waals surface area contributed by atoms with E-state index in [2.05, 4.69) is 33.4 Å². The number of hydrogen-bond donors (Lipinski definition) is 2. The van der Waals surface area contributed by atoms with Crippen LogP contribution in [0.25, 0.3) is 0 Å². The number of nitrogens with one attached hydrogen (secondary N) is 1. The summed E-state index contributed by atoms with van der Waals surface area (Å²) in [7, 11) is 0. The van der Waals surface area contributed by atoms with Crippen LogP contribution in [-0.4, -0.2) is 23.2 Å². The van der Waals surface area contributed by atoms with E-state index in [0.717, 1.165) is 42.3 Å². The van der Waals surface area contributed by atoms with Crippen LogP contribution in [0.1, 0.15) is 49.8 Å². The summed E-state index contributed by atoms with van der Waals surface area (Å²) < 4.78 is 1.14. The summed E-state index contributed by atoms with van der Waals surface area (Å²) in [6, 6.07) is 4.16. The molecule has 0 saturated heterocycles. The quantitative estimate of drug-likeness (QED) is 0.791. The summed E-state index contributed by atoms with van der Waals surface area (Å²) in [6.07, 6.45) is 7.87. The maximum absolute atomic E-state index is 12.4. The van der Waals surface area contributed by atoms with Crippen molar-refractivity contribution in [2.45, 2.75) is 57.0 Å². The van der Waals surface area contributed by atoms with Gasteiger partial charge in [-0.3, -0.25) is 4.79 Å². The van der Waals surface area contributed by atoms with Crippen molar-refractivity contribution in [1.29, 1.82) is 0 Å². The van der Waals surface area contributed by atoms with E-state index < -0.39 is 5.60 Å². The van der Waals surface area contributed by atoms with E-state index >= 15 is 0 Å². The molecule has 126 valence electrons. The first-order valence-electron chi connectivity index (χ1n) is 8.67. The van der Waals surface area contributed by atoms with Crippen LogP contribution in [0.15, 0.2) is 15.9 Å². The molecule has 0 aliphatic heterocycles. The highest BCUT2D eigenvalue weighted by Crippen LogP contribution is 2.62. The van der Waals surface area contributed by atoms with Crippen LogP contribution >= 0.6 is 27.3 Å². The van der Waals surface area contributed by atoms with E-state index in [9.17, 15) is 9.90 Å². The second-order valence-corrected chi connectivity index (χ2v) is 10.7. The van der Waals surface area contributed by atoms with Crippen LogP contribution in [0.5, 0.6) is 0 Å². The van der Waals surface area contributed by atoms with E-state index in [1.165, 1.54) is 11.3 Å². The highest BCUT2D eigenvalue weighted by atomic mass is 79.9. The normalized spacial score (nSPS) is 38.0. The first-order chi connectivity index (χ1) is 10.9. The molecule has 4 saturated carbocycles. The Morgan fingerprint density at radius 3 is 2.65 bits per heavy atom. The Balaban J connectivity index is 1.32. The van der Waals surface area contributed by atoms with Gasteiger partial charge in [-0.2, -0.15) is 0 Å². The molecule has 2 unspecified atom stereocenters. The number of carbonyl (C=O) groups is 1. The van der Waals surface area contributed by atoms with Gasteiger partial charge >= 0.3 is 0 Å². The fraction of sp³-hybridized carbons (Fsp3) is 0.722. The van der Waals surface area contributed by atoms with Crippen LogP contribution in [0.2, 0.25) is 0 Å². The number of aliphatic hydroxyl groups is 1. The lowest BCUT2D eigenvalue weighted by Crippen LogP contribution is -2.56. The third kappa shape index (κ3) is 3.38. The molecule has 1 amide bonds.